The number of hydrogen-bond acceptors (Lipinski definition) is 6. The van der Waals surface area contributed by atoms with Gasteiger partial charge in [0.15, 0.2) is 6.10 Å². The molecule has 0 fully saturated rings. The molecule has 146 valence electrons. The first-order valence-corrected chi connectivity index (χ1v) is 9.94. The monoisotopic (exact) mass is 413 g/mol. The summed E-state index contributed by atoms with van der Waals surface area (Å²) in [4.78, 5) is 12.0. The predicted octanol–water partition coefficient (Wildman–Crippen LogP) is 2.69. The summed E-state index contributed by atoms with van der Waals surface area (Å²) in [5, 5.41) is 5.60. The zero-order valence-corrected chi connectivity index (χ0v) is 16.4. The van der Waals surface area contributed by atoms with Gasteiger partial charge in [0.2, 0.25) is 10.0 Å². The number of nitrogens with two attached hydrogens (primary N) is 1. The molecule has 2 aromatic carbocycles. The third-order valence-electron chi connectivity index (χ3n) is 3.52. The van der Waals surface area contributed by atoms with Crippen LogP contribution in [-0.4, -0.2) is 33.7 Å². The highest BCUT2D eigenvalue weighted by Crippen LogP contribution is 2.23. The van der Waals surface area contributed by atoms with Crippen LogP contribution in [0.3, 0.4) is 0 Å². The van der Waals surface area contributed by atoms with Crippen LogP contribution in [-0.2, 0) is 19.6 Å². The number of sulfonamides is 1. The van der Waals surface area contributed by atoms with Crippen molar-refractivity contribution in [1.82, 2.24) is 0 Å². The van der Waals surface area contributed by atoms with Crippen molar-refractivity contribution in [1.29, 1.82) is 0 Å². The Morgan fingerprint density at radius 3 is 2.41 bits per heavy atom. The Balaban J connectivity index is 1.76. The molecule has 0 amide bonds. The number of carbonyl (C=O) groups excluding carboxylic acids is 1. The van der Waals surface area contributed by atoms with Crippen LogP contribution in [0.1, 0.15) is 12.5 Å². The van der Waals surface area contributed by atoms with Gasteiger partial charge in [0, 0.05) is 5.02 Å². The van der Waals surface area contributed by atoms with E-state index in [4.69, 9.17) is 31.0 Å². The molecule has 0 saturated carbocycles. The lowest BCUT2D eigenvalue weighted by Gasteiger charge is -2.16. The first-order valence-electron chi connectivity index (χ1n) is 8.02. The van der Waals surface area contributed by atoms with E-state index >= 15 is 0 Å². The molecular formula is C18H20ClNO6S. The average Bonchev–Trinajstić information content (AvgIpc) is 2.60. The van der Waals surface area contributed by atoms with Crippen LogP contribution < -0.4 is 14.6 Å². The van der Waals surface area contributed by atoms with E-state index in [1.54, 1.807) is 25.1 Å². The van der Waals surface area contributed by atoms with Gasteiger partial charge in [-0.05, 0) is 61.9 Å². The number of carbonyl (C=O) groups is 1. The molecule has 0 aliphatic rings. The van der Waals surface area contributed by atoms with E-state index in [1.165, 1.54) is 24.3 Å². The second kappa shape index (κ2) is 9.07. The minimum atomic E-state index is -3.74. The van der Waals surface area contributed by atoms with Crippen molar-refractivity contribution in [3.8, 4) is 11.5 Å². The number of halogens is 1. The quantitative estimate of drug-likeness (QED) is 0.527. The summed E-state index contributed by atoms with van der Waals surface area (Å²) in [5.41, 5.74) is 0.813. The number of benzene rings is 2. The third kappa shape index (κ3) is 6.42. The lowest BCUT2D eigenvalue weighted by atomic mass is 10.2. The fourth-order valence-electron chi connectivity index (χ4n) is 2.13. The topological polar surface area (TPSA) is 105 Å². The van der Waals surface area contributed by atoms with E-state index < -0.39 is 22.1 Å². The zero-order chi connectivity index (χ0) is 20.0. The largest absolute Gasteiger partial charge is 0.490 e. The Kier molecular flexibility index (Phi) is 7.06. The average molecular weight is 414 g/mol. The zero-order valence-electron chi connectivity index (χ0n) is 14.8. The van der Waals surface area contributed by atoms with Crippen LogP contribution in [0.15, 0.2) is 47.4 Å². The molecule has 2 N–H and O–H groups in total. The Morgan fingerprint density at radius 1 is 1.15 bits per heavy atom. The highest BCUT2D eigenvalue weighted by molar-refractivity contribution is 7.89. The minimum absolute atomic E-state index is 0.00950. The second-order valence-electron chi connectivity index (χ2n) is 5.70. The first kappa shape index (κ1) is 21.0. The molecule has 0 aliphatic heterocycles. The lowest BCUT2D eigenvalue weighted by Crippen LogP contribution is -2.27. The maximum atomic E-state index is 12.0. The van der Waals surface area contributed by atoms with Gasteiger partial charge in [-0.1, -0.05) is 11.6 Å². The first-order chi connectivity index (χ1) is 12.7. The fraction of sp³-hybridized carbons (Fsp3) is 0.278. The number of esters is 1. The van der Waals surface area contributed by atoms with Crippen LogP contribution in [0.25, 0.3) is 0 Å². The summed E-state index contributed by atoms with van der Waals surface area (Å²) in [7, 11) is -3.74. The highest BCUT2D eigenvalue weighted by Gasteiger charge is 2.17. The van der Waals surface area contributed by atoms with Crippen molar-refractivity contribution in [2.24, 2.45) is 5.14 Å². The molecule has 0 bridgehead atoms. The van der Waals surface area contributed by atoms with E-state index in [9.17, 15) is 13.2 Å². The second-order valence-corrected chi connectivity index (χ2v) is 7.70. The van der Waals surface area contributed by atoms with E-state index in [0.717, 1.165) is 5.56 Å². The van der Waals surface area contributed by atoms with Crippen molar-refractivity contribution < 1.29 is 27.4 Å². The van der Waals surface area contributed by atoms with Gasteiger partial charge in [-0.25, -0.2) is 18.4 Å². The Hall–Kier alpha value is -2.29. The van der Waals surface area contributed by atoms with Gasteiger partial charge >= 0.3 is 5.97 Å². The molecule has 0 unspecified atom stereocenters. The van der Waals surface area contributed by atoms with Gasteiger partial charge < -0.3 is 14.2 Å². The number of rotatable bonds is 8. The number of aryl methyl sites for hydroxylation is 1. The summed E-state index contributed by atoms with van der Waals surface area (Å²) in [6, 6.07) is 10.7. The van der Waals surface area contributed by atoms with Crippen molar-refractivity contribution in [3.05, 3.63) is 53.1 Å². The SMILES string of the molecule is Cc1cc(Cl)ccc1O[C@@H](C)C(=O)OCCOc1ccc(S(N)(=O)=O)cc1. The smallest absolute Gasteiger partial charge is 0.347 e. The minimum Gasteiger partial charge on any atom is -0.490 e. The molecule has 27 heavy (non-hydrogen) atoms. The van der Waals surface area contributed by atoms with Gasteiger partial charge in [-0.2, -0.15) is 0 Å². The molecular weight excluding hydrogens is 394 g/mol. The third-order valence-corrected chi connectivity index (χ3v) is 4.69. The predicted molar refractivity (Wildman–Crippen MR) is 101 cm³/mol. The van der Waals surface area contributed by atoms with Crippen molar-refractivity contribution >= 4 is 27.6 Å². The molecule has 2 aromatic rings. The van der Waals surface area contributed by atoms with Crippen molar-refractivity contribution in [3.63, 3.8) is 0 Å². The number of ether oxygens (including phenoxy) is 3. The molecule has 2 rings (SSSR count). The summed E-state index contributed by atoms with van der Waals surface area (Å²) in [6.07, 6.45) is -0.793. The Bertz CT molecular complexity index is 899. The van der Waals surface area contributed by atoms with Crippen molar-refractivity contribution in [2.75, 3.05) is 13.2 Å². The summed E-state index contributed by atoms with van der Waals surface area (Å²) in [6.45, 7) is 3.54. The highest BCUT2D eigenvalue weighted by atomic mass is 35.5. The van der Waals surface area contributed by atoms with E-state index in [0.29, 0.717) is 16.5 Å². The normalized spacial score (nSPS) is 12.3. The van der Waals surface area contributed by atoms with Crippen LogP contribution in [0, 0.1) is 6.92 Å². The Labute approximate surface area is 163 Å². The van der Waals surface area contributed by atoms with Crippen LogP contribution in [0.4, 0.5) is 0 Å². The van der Waals surface area contributed by atoms with Gasteiger partial charge in [0.05, 0.1) is 4.90 Å². The molecule has 7 nitrogen and oxygen atoms in total. The van der Waals surface area contributed by atoms with Gasteiger partial charge in [-0.15, -0.1) is 0 Å². The summed E-state index contributed by atoms with van der Waals surface area (Å²) in [5.74, 6) is 0.451. The maximum Gasteiger partial charge on any atom is 0.347 e. The maximum absolute atomic E-state index is 12.0. The van der Waals surface area contributed by atoms with Crippen LogP contribution in [0.5, 0.6) is 11.5 Å². The molecule has 0 aliphatic carbocycles. The van der Waals surface area contributed by atoms with E-state index in [2.05, 4.69) is 0 Å². The fourth-order valence-corrected chi connectivity index (χ4v) is 2.87. The van der Waals surface area contributed by atoms with Crippen molar-refractivity contribution in [2.45, 2.75) is 24.8 Å². The number of hydrogen-bond donors (Lipinski definition) is 1. The van der Waals surface area contributed by atoms with Gasteiger partial charge in [0.25, 0.3) is 0 Å². The molecule has 0 spiro atoms. The molecule has 0 saturated heterocycles. The van der Waals surface area contributed by atoms with E-state index in [-0.39, 0.29) is 18.1 Å². The molecule has 9 heteroatoms. The summed E-state index contributed by atoms with van der Waals surface area (Å²) < 4.78 is 38.4. The molecule has 0 radical (unpaired) electrons. The molecule has 0 aromatic heterocycles. The molecule has 0 heterocycles. The molecule has 1 atom stereocenters. The summed E-state index contributed by atoms with van der Waals surface area (Å²) >= 11 is 5.88. The standard InChI is InChI=1S/C18H20ClNO6S/c1-12-11-14(19)3-8-17(12)26-13(2)18(21)25-10-9-24-15-4-6-16(7-5-15)27(20,22)23/h3-8,11,13H,9-10H2,1-2H3,(H2,20,22,23)/t13-/m0/s1. The van der Waals surface area contributed by atoms with Crippen LogP contribution >= 0.6 is 11.6 Å². The van der Waals surface area contributed by atoms with E-state index in [1.807, 2.05) is 6.92 Å². The van der Waals surface area contributed by atoms with Gasteiger partial charge in [0.1, 0.15) is 24.7 Å². The Morgan fingerprint density at radius 2 is 1.81 bits per heavy atom. The van der Waals surface area contributed by atoms with Gasteiger partial charge in [-0.3, -0.25) is 0 Å². The lowest BCUT2D eigenvalue weighted by molar-refractivity contribution is -0.151. The van der Waals surface area contributed by atoms with Crippen LogP contribution in [0.2, 0.25) is 5.02 Å². The number of primary sulfonamides is 1.